The number of aliphatic carboxylic acids is 1. The number of carbonyl (C=O) groups is 2. The van der Waals surface area contributed by atoms with E-state index in [4.69, 9.17) is 5.11 Å². The highest BCUT2D eigenvalue weighted by Gasteiger charge is 2.21. The van der Waals surface area contributed by atoms with Gasteiger partial charge in [-0.1, -0.05) is 6.42 Å². The molecule has 1 aliphatic rings. The molecule has 2 amide bonds. The third-order valence-electron chi connectivity index (χ3n) is 4.35. The smallest absolute Gasteiger partial charge is 0.315 e. The number of nitrogens with one attached hydrogen (secondary N) is 2. The Morgan fingerprint density at radius 2 is 2.05 bits per heavy atom. The third-order valence-corrected chi connectivity index (χ3v) is 4.35. The minimum atomic E-state index is -0.901. The van der Waals surface area contributed by atoms with Crippen molar-refractivity contribution in [3.63, 3.8) is 0 Å². The lowest BCUT2D eigenvalue weighted by molar-refractivity contribution is -0.141. The summed E-state index contributed by atoms with van der Waals surface area (Å²) in [5.41, 5.74) is 0. The first kappa shape index (κ1) is 17.8. The molecule has 0 aromatic heterocycles. The van der Waals surface area contributed by atoms with E-state index in [1.807, 2.05) is 0 Å². The molecule has 1 fully saturated rings. The van der Waals surface area contributed by atoms with Crippen molar-refractivity contribution in [2.45, 2.75) is 58.5 Å². The van der Waals surface area contributed by atoms with Gasteiger partial charge in [0.05, 0.1) is 5.92 Å². The fourth-order valence-electron chi connectivity index (χ4n) is 2.57. The van der Waals surface area contributed by atoms with Gasteiger partial charge in [-0.15, -0.1) is 0 Å². The van der Waals surface area contributed by atoms with Crippen molar-refractivity contribution in [1.82, 2.24) is 15.5 Å². The van der Waals surface area contributed by atoms with E-state index >= 15 is 0 Å². The Labute approximate surface area is 127 Å². The normalized spacial score (nSPS) is 22.3. The van der Waals surface area contributed by atoms with Gasteiger partial charge < -0.3 is 20.6 Å². The summed E-state index contributed by atoms with van der Waals surface area (Å²) >= 11 is 0. The summed E-state index contributed by atoms with van der Waals surface area (Å²) in [6.07, 6.45) is 4.76. The van der Waals surface area contributed by atoms with Crippen LogP contribution in [0.3, 0.4) is 0 Å². The maximum Gasteiger partial charge on any atom is 0.315 e. The van der Waals surface area contributed by atoms with Gasteiger partial charge in [-0.05, 0) is 46.6 Å². The van der Waals surface area contributed by atoms with E-state index in [2.05, 4.69) is 22.5 Å². The first-order valence-corrected chi connectivity index (χ1v) is 7.93. The van der Waals surface area contributed by atoms with Crippen LogP contribution in [0.25, 0.3) is 0 Å². The summed E-state index contributed by atoms with van der Waals surface area (Å²) in [7, 11) is 0. The maximum absolute atomic E-state index is 11.7. The van der Waals surface area contributed by atoms with Crippen molar-refractivity contribution >= 4 is 12.0 Å². The van der Waals surface area contributed by atoms with Crippen LogP contribution in [0.5, 0.6) is 0 Å². The van der Waals surface area contributed by atoms with Gasteiger partial charge >= 0.3 is 12.0 Å². The highest BCUT2D eigenvalue weighted by Crippen LogP contribution is 2.15. The van der Waals surface area contributed by atoms with Gasteiger partial charge in [-0.25, -0.2) is 4.79 Å². The number of hydrogen-bond acceptors (Lipinski definition) is 3. The van der Waals surface area contributed by atoms with Crippen LogP contribution in [0.15, 0.2) is 0 Å². The molecule has 0 aromatic carbocycles. The lowest BCUT2D eigenvalue weighted by Gasteiger charge is -2.33. The van der Waals surface area contributed by atoms with E-state index in [1.165, 1.54) is 19.3 Å². The van der Waals surface area contributed by atoms with Crippen LogP contribution < -0.4 is 10.6 Å². The van der Waals surface area contributed by atoms with E-state index in [0.717, 1.165) is 19.5 Å². The second kappa shape index (κ2) is 8.87. The Bertz CT molecular complexity index is 349. The zero-order valence-electron chi connectivity index (χ0n) is 13.4. The van der Waals surface area contributed by atoms with Crippen LogP contribution in [0.2, 0.25) is 0 Å². The number of rotatable bonds is 7. The molecule has 1 heterocycles. The first-order valence-electron chi connectivity index (χ1n) is 7.93. The van der Waals surface area contributed by atoms with Gasteiger partial charge in [0.1, 0.15) is 0 Å². The van der Waals surface area contributed by atoms with Gasteiger partial charge in [0, 0.05) is 25.2 Å². The molecule has 0 radical (unpaired) electrons. The Morgan fingerprint density at radius 1 is 1.33 bits per heavy atom. The Morgan fingerprint density at radius 3 is 2.67 bits per heavy atom. The second-order valence-electron chi connectivity index (χ2n) is 6.05. The van der Waals surface area contributed by atoms with E-state index in [0.29, 0.717) is 12.6 Å². The van der Waals surface area contributed by atoms with E-state index in [-0.39, 0.29) is 12.1 Å². The molecular weight excluding hydrogens is 270 g/mol. The molecular formula is C15H29N3O3. The maximum atomic E-state index is 11.7. The summed E-state index contributed by atoms with van der Waals surface area (Å²) < 4.78 is 0. The van der Waals surface area contributed by atoms with Gasteiger partial charge in [0.25, 0.3) is 0 Å². The predicted molar refractivity (Wildman–Crippen MR) is 82.3 cm³/mol. The van der Waals surface area contributed by atoms with Crippen molar-refractivity contribution in [3.8, 4) is 0 Å². The zero-order chi connectivity index (χ0) is 15.8. The number of nitrogens with zero attached hydrogens (tertiary/aromatic N) is 1. The summed E-state index contributed by atoms with van der Waals surface area (Å²) in [5, 5.41) is 14.3. The summed E-state index contributed by atoms with van der Waals surface area (Å²) in [5.74, 6) is -1.49. The second-order valence-corrected chi connectivity index (χ2v) is 6.05. The van der Waals surface area contributed by atoms with Gasteiger partial charge in [-0.2, -0.15) is 0 Å². The van der Waals surface area contributed by atoms with Crippen molar-refractivity contribution < 1.29 is 14.7 Å². The average Bonchev–Trinajstić information content (AvgIpc) is 2.44. The highest BCUT2D eigenvalue weighted by atomic mass is 16.4. The quantitative estimate of drug-likeness (QED) is 0.624. The molecule has 6 heteroatoms. The summed E-state index contributed by atoms with van der Waals surface area (Å²) in [4.78, 5) is 24.9. The van der Waals surface area contributed by atoms with Crippen molar-refractivity contribution in [2.24, 2.45) is 5.92 Å². The molecule has 3 N–H and O–H groups in total. The van der Waals surface area contributed by atoms with Crippen molar-refractivity contribution in [1.29, 1.82) is 0 Å². The third kappa shape index (κ3) is 6.33. The number of piperidine rings is 1. The molecule has 1 saturated heterocycles. The lowest BCUT2D eigenvalue weighted by atomic mass is 10.0. The molecule has 0 aromatic rings. The van der Waals surface area contributed by atoms with E-state index in [9.17, 15) is 9.59 Å². The monoisotopic (exact) mass is 299 g/mol. The van der Waals surface area contributed by atoms with Crippen LogP contribution in [-0.4, -0.2) is 53.7 Å². The Hall–Kier alpha value is -1.30. The SMILES string of the molecule is CC(NC(=O)NCCCN1CCCCC1C)C(C)C(=O)O. The minimum absolute atomic E-state index is 0.290. The van der Waals surface area contributed by atoms with Gasteiger partial charge in [0.15, 0.2) is 0 Å². The molecule has 6 nitrogen and oxygen atoms in total. The average molecular weight is 299 g/mol. The fraction of sp³-hybridized carbons (Fsp3) is 0.867. The fourth-order valence-corrected chi connectivity index (χ4v) is 2.57. The van der Waals surface area contributed by atoms with E-state index < -0.39 is 11.9 Å². The first-order chi connectivity index (χ1) is 9.91. The number of carbonyl (C=O) groups excluding carboxylic acids is 1. The molecule has 0 spiro atoms. The molecule has 1 aliphatic heterocycles. The van der Waals surface area contributed by atoms with Crippen LogP contribution >= 0.6 is 0 Å². The largest absolute Gasteiger partial charge is 0.481 e. The number of urea groups is 1. The van der Waals surface area contributed by atoms with Crippen molar-refractivity contribution in [3.05, 3.63) is 0 Å². The number of carboxylic acids is 1. The van der Waals surface area contributed by atoms with Crippen LogP contribution in [0, 0.1) is 5.92 Å². The van der Waals surface area contributed by atoms with Crippen LogP contribution in [-0.2, 0) is 4.79 Å². The molecule has 122 valence electrons. The molecule has 0 bridgehead atoms. The molecule has 0 saturated carbocycles. The topological polar surface area (TPSA) is 81.7 Å². The van der Waals surface area contributed by atoms with Crippen LogP contribution in [0.4, 0.5) is 4.79 Å². The van der Waals surface area contributed by atoms with E-state index in [1.54, 1.807) is 13.8 Å². The number of carboxylic acid groups (broad SMARTS) is 1. The predicted octanol–water partition coefficient (Wildman–Crippen LogP) is 1.66. The molecule has 0 aliphatic carbocycles. The van der Waals surface area contributed by atoms with Gasteiger partial charge in [0.2, 0.25) is 0 Å². The number of amides is 2. The van der Waals surface area contributed by atoms with Crippen LogP contribution in [0.1, 0.15) is 46.5 Å². The molecule has 3 atom stereocenters. The number of hydrogen-bond donors (Lipinski definition) is 3. The summed E-state index contributed by atoms with van der Waals surface area (Å²) in [6.45, 7) is 8.32. The molecule has 1 rings (SSSR count). The Kier molecular flexibility index (Phi) is 7.50. The highest BCUT2D eigenvalue weighted by molar-refractivity contribution is 5.76. The number of likely N-dealkylation sites (tertiary alicyclic amines) is 1. The standard InChI is InChI=1S/C15H29N3O3/c1-11-7-4-5-9-18(11)10-6-8-16-15(21)17-13(3)12(2)14(19)20/h11-13H,4-10H2,1-3H3,(H,19,20)(H2,16,17,21). The lowest BCUT2D eigenvalue weighted by Crippen LogP contribution is -2.46. The van der Waals surface area contributed by atoms with Gasteiger partial charge in [-0.3, -0.25) is 4.79 Å². The van der Waals surface area contributed by atoms with Crippen molar-refractivity contribution in [2.75, 3.05) is 19.6 Å². The summed E-state index contributed by atoms with van der Waals surface area (Å²) in [6, 6.07) is -0.0316. The Balaban J connectivity index is 2.14. The minimum Gasteiger partial charge on any atom is -0.481 e. The molecule has 3 unspecified atom stereocenters. The molecule has 21 heavy (non-hydrogen) atoms. The zero-order valence-corrected chi connectivity index (χ0v) is 13.4.